The molecule has 3 aliphatic rings. The molecule has 4 rings (SSSR count). The van der Waals surface area contributed by atoms with Gasteiger partial charge in [-0.3, -0.25) is 4.79 Å². The van der Waals surface area contributed by atoms with E-state index in [2.05, 4.69) is 51.0 Å². The summed E-state index contributed by atoms with van der Waals surface area (Å²) in [6.07, 6.45) is 3.82. The normalized spacial score (nSPS) is 32.8. The minimum Gasteiger partial charge on any atom is -0.357 e. The van der Waals surface area contributed by atoms with Crippen LogP contribution in [0.4, 0.5) is 11.4 Å². The number of anilines is 2. The molecule has 4 heteroatoms. The molecule has 3 unspecified atom stereocenters. The largest absolute Gasteiger partial charge is 0.357 e. The van der Waals surface area contributed by atoms with Crippen LogP contribution in [0.1, 0.15) is 19.3 Å². The van der Waals surface area contributed by atoms with Gasteiger partial charge in [-0.15, -0.1) is 0 Å². The zero-order chi connectivity index (χ0) is 12.3. The molecule has 0 bridgehead atoms. The van der Waals surface area contributed by atoms with Gasteiger partial charge < -0.3 is 10.2 Å². The lowest BCUT2D eigenvalue weighted by Gasteiger charge is -2.35. The highest BCUT2D eigenvalue weighted by atomic mass is 127. The number of rotatable bonds is 0. The number of hydrogen-bond donors (Lipinski definition) is 1. The maximum atomic E-state index is 12.3. The average Bonchev–Trinajstić information content (AvgIpc) is 2.87. The molecule has 1 aromatic carbocycles. The molecule has 18 heavy (non-hydrogen) atoms. The second-order valence-corrected chi connectivity index (χ2v) is 6.85. The molecule has 3 nitrogen and oxygen atoms in total. The second-order valence-electron chi connectivity index (χ2n) is 5.60. The van der Waals surface area contributed by atoms with E-state index in [4.69, 9.17) is 0 Å². The van der Waals surface area contributed by atoms with Gasteiger partial charge in [-0.05, 0) is 65.5 Å². The van der Waals surface area contributed by atoms with E-state index < -0.39 is 0 Å². The third kappa shape index (κ3) is 1.44. The van der Waals surface area contributed by atoms with Crippen LogP contribution in [0.5, 0.6) is 0 Å². The molecule has 3 atom stereocenters. The molecule has 1 N–H and O–H groups in total. The maximum Gasteiger partial charge on any atom is 0.247 e. The van der Waals surface area contributed by atoms with Gasteiger partial charge in [0.25, 0.3) is 0 Å². The number of fused-ring (bicyclic) bond motifs is 5. The zero-order valence-electron chi connectivity index (χ0n) is 10.0. The Kier molecular flexibility index (Phi) is 2.37. The van der Waals surface area contributed by atoms with Gasteiger partial charge in [0, 0.05) is 10.1 Å². The van der Waals surface area contributed by atoms with Crippen molar-refractivity contribution in [1.82, 2.24) is 0 Å². The molecule has 1 aliphatic carbocycles. The first-order valence-corrected chi connectivity index (χ1v) is 7.69. The Balaban J connectivity index is 1.80. The highest BCUT2D eigenvalue weighted by Crippen LogP contribution is 2.47. The van der Waals surface area contributed by atoms with Crippen LogP contribution in [0.15, 0.2) is 18.2 Å². The fourth-order valence-electron chi connectivity index (χ4n) is 3.95. The summed E-state index contributed by atoms with van der Waals surface area (Å²) in [6.45, 7) is 1.07. The Labute approximate surface area is 120 Å². The smallest absolute Gasteiger partial charge is 0.247 e. The summed E-state index contributed by atoms with van der Waals surface area (Å²) in [5.41, 5.74) is 2.21. The number of nitrogens with one attached hydrogen (secondary N) is 1. The van der Waals surface area contributed by atoms with Gasteiger partial charge in [0.15, 0.2) is 0 Å². The van der Waals surface area contributed by atoms with Crippen LogP contribution < -0.4 is 10.2 Å². The van der Waals surface area contributed by atoms with Crippen molar-refractivity contribution in [2.24, 2.45) is 11.8 Å². The highest BCUT2D eigenvalue weighted by Gasteiger charge is 2.49. The second kappa shape index (κ2) is 3.85. The van der Waals surface area contributed by atoms with E-state index in [1.165, 1.54) is 28.5 Å². The quantitative estimate of drug-likeness (QED) is 0.727. The summed E-state index contributed by atoms with van der Waals surface area (Å²) in [7, 11) is 0. The molecule has 1 amide bonds. The Bertz CT molecular complexity index is 531. The molecule has 0 aromatic heterocycles. The molecular weight excluding hydrogens is 339 g/mol. The number of hydrogen-bond acceptors (Lipinski definition) is 2. The van der Waals surface area contributed by atoms with Crippen LogP contribution in [-0.4, -0.2) is 18.5 Å². The Morgan fingerprint density at radius 2 is 2.22 bits per heavy atom. The van der Waals surface area contributed by atoms with Crippen LogP contribution >= 0.6 is 22.6 Å². The SMILES string of the molecule is O=C1Nc2cc(I)ccc2N2CC3CCCC3C12. The molecule has 1 aromatic rings. The lowest BCUT2D eigenvalue weighted by molar-refractivity contribution is -0.118. The highest BCUT2D eigenvalue weighted by molar-refractivity contribution is 14.1. The van der Waals surface area contributed by atoms with Crippen molar-refractivity contribution in [2.75, 3.05) is 16.8 Å². The van der Waals surface area contributed by atoms with E-state index in [0.717, 1.165) is 18.2 Å². The number of benzene rings is 1. The van der Waals surface area contributed by atoms with E-state index >= 15 is 0 Å². The molecule has 94 valence electrons. The van der Waals surface area contributed by atoms with Crippen molar-refractivity contribution in [2.45, 2.75) is 25.3 Å². The van der Waals surface area contributed by atoms with E-state index in [-0.39, 0.29) is 11.9 Å². The minimum atomic E-state index is 0.0880. The van der Waals surface area contributed by atoms with Gasteiger partial charge in [0.1, 0.15) is 6.04 Å². The molecule has 1 saturated heterocycles. The predicted molar refractivity (Wildman–Crippen MR) is 79.8 cm³/mol. The average molecular weight is 354 g/mol. The first kappa shape index (κ1) is 11.1. The summed E-state index contributed by atoms with van der Waals surface area (Å²) in [4.78, 5) is 14.7. The lowest BCUT2D eigenvalue weighted by atomic mass is 9.92. The van der Waals surface area contributed by atoms with E-state index in [9.17, 15) is 4.79 Å². The van der Waals surface area contributed by atoms with Crippen molar-refractivity contribution < 1.29 is 4.79 Å². The summed E-state index contributed by atoms with van der Waals surface area (Å²) in [5.74, 6) is 1.52. The lowest BCUT2D eigenvalue weighted by Crippen LogP contribution is -2.46. The monoisotopic (exact) mass is 354 g/mol. The van der Waals surface area contributed by atoms with E-state index in [0.29, 0.717) is 5.92 Å². The van der Waals surface area contributed by atoms with E-state index in [1.807, 2.05) is 0 Å². The predicted octanol–water partition coefficient (Wildman–Crippen LogP) is 2.85. The topological polar surface area (TPSA) is 32.3 Å². The Morgan fingerprint density at radius 3 is 3.11 bits per heavy atom. The minimum absolute atomic E-state index is 0.0880. The number of amides is 1. The fourth-order valence-corrected chi connectivity index (χ4v) is 4.45. The third-order valence-corrected chi connectivity index (χ3v) is 5.36. The first-order chi connectivity index (χ1) is 8.74. The summed E-state index contributed by atoms with van der Waals surface area (Å²) >= 11 is 2.29. The van der Waals surface area contributed by atoms with Gasteiger partial charge in [0.05, 0.1) is 11.4 Å². The van der Waals surface area contributed by atoms with Crippen LogP contribution in [0, 0.1) is 15.4 Å². The van der Waals surface area contributed by atoms with Crippen molar-refractivity contribution in [3.8, 4) is 0 Å². The Hall–Kier alpha value is -0.780. The first-order valence-electron chi connectivity index (χ1n) is 6.61. The molecule has 2 fully saturated rings. The molecule has 2 heterocycles. The van der Waals surface area contributed by atoms with Gasteiger partial charge >= 0.3 is 0 Å². The molecular formula is C14H15IN2O. The van der Waals surface area contributed by atoms with Crippen molar-refractivity contribution in [3.63, 3.8) is 0 Å². The van der Waals surface area contributed by atoms with Gasteiger partial charge in [-0.2, -0.15) is 0 Å². The van der Waals surface area contributed by atoms with E-state index in [1.54, 1.807) is 0 Å². The Morgan fingerprint density at radius 1 is 1.33 bits per heavy atom. The van der Waals surface area contributed by atoms with Crippen LogP contribution in [-0.2, 0) is 4.79 Å². The van der Waals surface area contributed by atoms with Crippen LogP contribution in [0.3, 0.4) is 0 Å². The number of nitrogens with zero attached hydrogens (tertiary/aromatic N) is 1. The molecule has 0 radical (unpaired) electrons. The fraction of sp³-hybridized carbons (Fsp3) is 0.500. The van der Waals surface area contributed by atoms with Gasteiger partial charge in [-0.25, -0.2) is 0 Å². The van der Waals surface area contributed by atoms with Crippen molar-refractivity contribution in [1.29, 1.82) is 0 Å². The van der Waals surface area contributed by atoms with Crippen molar-refractivity contribution >= 4 is 39.9 Å². The molecule has 0 spiro atoms. The van der Waals surface area contributed by atoms with Gasteiger partial charge in [-0.1, -0.05) is 6.42 Å². The van der Waals surface area contributed by atoms with Gasteiger partial charge in [0.2, 0.25) is 5.91 Å². The zero-order valence-corrected chi connectivity index (χ0v) is 12.2. The molecule has 1 saturated carbocycles. The standard InChI is InChI=1S/C14H15IN2O/c15-9-4-5-12-11(6-9)16-14(18)13-10-3-1-2-8(10)7-17(12)13/h4-6,8,10,13H,1-3,7H2,(H,16,18). The number of carbonyl (C=O) groups excluding carboxylic acids is 1. The summed E-state index contributed by atoms with van der Waals surface area (Å²) in [6, 6.07) is 6.44. The molecule has 2 aliphatic heterocycles. The van der Waals surface area contributed by atoms with Crippen molar-refractivity contribution in [3.05, 3.63) is 21.8 Å². The number of halogens is 1. The van der Waals surface area contributed by atoms with Crippen LogP contribution in [0.2, 0.25) is 0 Å². The summed E-state index contributed by atoms with van der Waals surface area (Å²) in [5, 5.41) is 3.10. The third-order valence-electron chi connectivity index (χ3n) is 4.68. The maximum absolute atomic E-state index is 12.3. The number of carbonyl (C=O) groups is 1. The van der Waals surface area contributed by atoms with Crippen LogP contribution in [0.25, 0.3) is 0 Å². The summed E-state index contributed by atoms with van der Waals surface area (Å²) < 4.78 is 1.17.